The minimum atomic E-state index is 0.274. The Kier molecular flexibility index (Phi) is 2.94. The van der Waals surface area contributed by atoms with Crippen LogP contribution >= 0.6 is 0 Å². The Hall–Kier alpha value is -0.300. The fourth-order valence-electron chi connectivity index (χ4n) is 1.46. The van der Waals surface area contributed by atoms with E-state index in [1.807, 2.05) is 0 Å². The average molecular weight is 140 g/mol. The summed E-state index contributed by atoms with van der Waals surface area (Å²) in [6.45, 7) is 2.51. The third-order valence-electron chi connectivity index (χ3n) is 2.39. The first-order valence-electron chi connectivity index (χ1n) is 4.15. The molecule has 1 aliphatic carbocycles. The van der Waals surface area contributed by atoms with Crippen LogP contribution in [0.4, 0.5) is 0 Å². The third kappa shape index (κ3) is 1.84. The highest BCUT2D eigenvalue weighted by Gasteiger charge is 2.10. The number of rotatable bonds is 2. The van der Waals surface area contributed by atoms with Crippen molar-refractivity contribution in [3.8, 4) is 0 Å². The van der Waals surface area contributed by atoms with Crippen molar-refractivity contribution in [2.45, 2.75) is 32.6 Å². The van der Waals surface area contributed by atoms with Crippen LogP contribution in [0.2, 0.25) is 0 Å². The molecule has 1 aliphatic rings. The van der Waals surface area contributed by atoms with E-state index < -0.39 is 0 Å². The van der Waals surface area contributed by atoms with Gasteiger partial charge in [0.25, 0.3) is 0 Å². The molecule has 1 nitrogen and oxygen atoms in total. The van der Waals surface area contributed by atoms with Crippen LogP contribution in [0.3, 0.4) is 0 Å². The fourth-order valence-corrected chi connectivity index (χ4v) is 1.46. The van der Waals surface area contributed by atoms with E-state index in [0.717, 1.165) is 12.3 Å². The summed E-state index contributed by atoms with van der Waals surface area (Å²) in [5, 5.41) is 8.78. The number of hydrogen-bond acceptors (Lipinski definition) is 1. The molecule has 0 radical (unpaired) electrons. The number of hydrogen-bond donors (Lipinski definition) is 1. The predicted molar refractivity (Wildman–Crippen MR) is 42.8 cm³/mol. The molecule has 0 amide bonds. The van der Waals surface area contributed by atoms with Gasteiger partial charge in [-0.1, -0.05) is 19.4 Å². The van der Waals surface area contributed by atoms with E-state index >= 15 is 0 Å². The van der Waals surface area contributed by atoms with Gasteiger partial charge >= 0.3 is 0 Å². The molecule has 0 aromatic rings. The van der Waals surface area contributed by atoms with E-state index in [0.29, 0.717) is 0 Å². The van der Waals surface area contributed by atoms with Crippen LogP contribution in [-0.2, 0) is 0 Å². The van der Waals surface area contributed by atoms with Crippen molar-refractivity contribution >= 4 is 0 Å². The molecule has 0 fully saturated rings. The van der Waals surface area contributed by atoms with Gasteiger partial charge in [0, 0.05) is 0 Å². The van der Waals surface area contributed by atoms with Crippen molar-refractivity contribution in [3.05, 3.63) is 11.6 Å². The second kappa shape index (κ2) is 3.77. The lowest BCUT2D eigenvalue weighted by Gasteiger charge is -2.18. The van der Waals surface area contributed by atoms with Crippen molar-refractivity contribution in [2.24, 2.45) is 5.92 Å². The summed E-state index contributed by atoms with van der Waals surface area (Å²) < 4.78 is 0. The first kappa shape index (κ1) is 7.80. The van der Waals surface area contributed by atoms with Gasteiger partial charge in [-0.3, -0.25) is 0 Å². The fraction of sp³-hybridized carbons (Fsp3) is 0.778. The molecule has 0 aromatic carbocycles. The molecule has 10 heavy (non-hydrogen) atoms. The summed E-state index contributed by atoms with van der Waals surface area (Å²) in [6, 6.07) is 0. The van der Waals surface area contributed by atoms with Gasteiger partial charge < -0.3 is 5.11 Å². The summed E-state index contributed by atoms with van der Waals surface area (Å²) in [5.74, 6) is 0.885. The van der Waals surface area contributed by atoms with Crippen molar-refractivity contribution in [3.63, 3.8) is 0 Å². The van der Waals surface area contributed by atoms with Crippen molar-refractivity contribution in [1.82, 2.24) is 0 Å². The Morgan fingerprint density at radius 3 is 2.90 bits per heavy atom. The van der Waals surface area contributed by atoms with Gasteiger partial charge in [0.05, 0.1) is 6.61 Å². The second-order valence-corrected chi connectivity index (χ2v) is 3.07. The Labute approximate surface area is 62.8 Å². The molecular formula is C9H16O. The molecule has 0 saturated carbocycles. The predicted octanol–water partition coefficient (Wildman–Crippen LogP) is 2.12. The van der Waals surface area contributed by atoms with Crippen LogP contribution in [0.15, 0.2) is 11.6 Å². The van der Waals surface area contributed by atoms with Crippen LogP contribution < -0.4 is 0 Å². The highest BCUT2D eigenvalue weighted by Crippen LogP contribution is 2.24. The zero-order valence-electron chi connectivity index (χ0n) is 6.64. The Morgan fingerprint density at radius 2 is 2.50 bits per heavy atom. The smallest absolute Gasteiger partial charge is 0.0641 e. The highest BCUT2D eigenvalue weighted by atomic mass is 16.3. The van der Waals surface area contributed by atoms with Crippen molar-refractivity contribution in [2.75, 3.05) is 6.61 Å². The number of allylic oxidation sites excluding steroid dienone is 1. The molecule has 0 aliphatic heterocycles. The second-order valence-electron chi connectivity index (χ2n) is 3.07. The summed E-state index contributed by atoms with van der Waals surface area (Å²) >= 11 is 0. The maximum Gasteiger partial charge on any atom is 0.0641 e. The monoisotopic (exact) mass is 140 g/mol. The van der Waals surface area contributed by atoms with Gasteiger partial charge in [0.15, 0.2) is 0 Å². The highest BCUT2D eigenvalue weighted by molar-refractivity contribution is 5.06. The first-order chi connectivity index (χ1) is 4.86. The van der Waals surface area contributed by atoms with E-state index in [1.54, 1.807) is 0 Å². The van der Waals surface area contributed by atoms with Crippen LogP contribution in [0.1, 0.15) is 32.6 Å². The van der Waals surface area contributed by atoms with Crippen LogP contribution in [-0.4, -0.2) is 11.7 Å². The molecule has 0 saturated heterocycles. The first-order valence-corrected chi connectivity index (χ1v) is 4.15. The molecule has 0 unspecified atom stereocenters. The minimum absolute atomic E-state index is 0.274. The summed E-state index contributed by atoms with van der Waals surface area (Å²) in [4.78, 5) is 0. The normalized spacial score (nSPS) is 26.2. The SMILES string of the molecule is CC[C@H]1CC=C(CO)CC1. The quantitative estimate of drug-likeness (QED) is 0.582. The number of aliphatic hydroxyl groups is 1. The van der Waals surface area contributed by atoms with Crippen molar-refractivity contribution < 1.29 is 5.11 Å². The van der Waals surface area contributed by atoms with Gasteiger partial charge in [0.1, 0.15) is 0 Å². The molecule has 58 valence electrons. The lowest BCUT2D eigenvalue weighted by atomic mass is 9.88. The Morgan fingerprint density at radius 1 is 1.70 bits per heavy atom. The van der Waals surface area contributed by atoms with E-state index in [1.165, 1.54) is 24.8 Å². The lowest BCUT2D eigenvalue weighted by molar-refractivity contribution is 0.315. The zero-order chi connectivity index (χ0) is 7.40. The number of aliphatic hydroxyl groups excluding tert-OH is 1. The van der Waals surface area contributed by atoms with Gasteiger partial charge in [-0.05, 0) is 30.8 Å². The maximum atomic E-state index is 8.78. The van der Waals surface area contributed by atoms with E-state index in [-0.39, 0.29) is 6.61 Å². The standard InChI is InChI=1S/C9H16O/c1-2-8-3-5-9(7-10)6-4-8/h5,8,10H,2-4,6-7H2,1H3/t8-/m0/s1. The topological polar surface area (TPSA) is 20.2 Å². The van der Waals surface area contributed by atoms with E-state index in [9.17, 15) is 0 Å². The summed E-state index contributed by atoms with van der Waals surface area (Å²) in [6.07, 6.45) is 7.08. The average Bonchev–Trinajstić information content (AvgIpc) is 2.05. The minimum Gasteiger partial charge on any atom is -0.392 e. The summed E-state index contributed by atoms with van der Waals surface area (Å²) in [5.41, 5.74) is 1.24. The van der Waals surface area contributed by atoms with Gasteiger partial charge in [-0.15, -0.1) is 0 Å². The molecule has 0 heterocycles. The molecule has 1 heteroatoms. The molecular weight excluding hydrogens is 124 g/mol. The molecule has 0 aromatic heterocycles. The van der Waals surface area contributed by atoms with Gasteiger partial charge in [0.2, 0.25) is 0 Å². The summed E-state index contributed by atoms with van der Waals surface area (Å²) in [7, 11) is 0. The molecule has 0 bridgehead atoms. The molecule has 1 atom stereocenters. The largest absolute Gasteiger partial charge is 0.392 e. The van der Waals surface area contributed by atoms with Gasteiger partial charge in [-0.25, -0.2) is 0 Å². The molecule has 1 N–H and O–H groups in total. The Bertz CT molecular complexity index is 127. The molecule has 0 spiro atoms. The lowest BCUT2D eigenvalue weighted by Crippen LogP contribution is -2.06. The van der Waals surface area contributed by atoms with E-state index in [2.05, 4.69) is 13.0 Å². The third-order valence-corrected chi connectivity index (χ3v) is 2.39. The van der Waals surface area contributed by atoms with E-state index in [4.69, 9.17) is 5.11 Å². The molecule has 1 rings (SSSR count). The van der Waals surface area contributed by atoms with Crippen LogP contribution in [0.25, 0.3) is 0 Å². The Balaban J connectivity index is 2.36. The van der Waals surface area contributed by atoms with Crippen LogP contribution in [0, 0.1) is 5.92 Å². The van der Waals surface area contributed by atoms with Crippen LogP contribution in [0.5, 0.6) is 0 Å². The zero-order valence-corrected chi connectivity index (χ0v) is 6.64. The van der Waals surface area contributed by atoms with Gasteiger partial charge in [-0.2, -0.15) is 0 Å². The van der Waals surface area contributed by atoms with Crippen molar-refractivity contribution in [1.29, 1.82) is 0 Å². The maximum absolute atomic E-state index is 8.78.